The summed E-state index contributed by atoms with van der Waals surface area (Å²) in [4.78, 5) is 1.14. The second-order valence-electron chi connectivity index (χ2n) is 3.08. The van der Waals surface area contributed by atoms with Gasteiger partial charge in [-0.25, -0.2) is 0 Å². The summed E-state index contributed by atoms with van der Waals surface area (Å²) in [6.07, 6.45) is 0. The first-order chi connectivity index (χ1) is 6.58. The zero-order valence-electron chi connectivity index (χ0n) is 8.18. The zero-order valence-corrected chi connectivity index (χ0v) is 8.99. The van der Waals surface area contributed by atoms with E-state index >= 15 is 0 Å². The van der Waals surface area contributed by atoms with Gasteiger partial charge in [-0.1, -0.05) is 13.8 Å². The molecule has 0 amide bonds. The van der Waals surface area contributed by atoms with Crippen molar-refractivity contribution in [3.05, 3.63) is 24.3 Å². The minimum atomic E-state index is -1.75. The van der Waals surface area contributed by atoms with Crippen LogP contribution in [0.3, 0.4) is 0 Å². The summed E-state index contributed by atoms with van der Waals surface area (Å²) < 4.78 is 4.68. The van der Waals surface area contributed by atoms with E-state index in [1.807, 2.05) is 12.1 Å². The maximum Gasteiger partial charge on any atom is 0.707 e. The molecule has 0 unspecified atom stereocenters. The third-order valence-corrected chi connectivity index (χ3v) is 2.45. The van der Waals surface area contributed by atoms with E-state index in [1.165, 1.54) is 0 Å². The smallest absolute Gasteiger partial charge is 0.512 e. The van der Waals surface area contributed by atoms with Crippen LogP contribution in [0, 0.1) is 0 Å². The Bertz CT molecular complexity index is 245. The number of rotatable bonds is 4. The van der Waals surface area contributed by atoms with Crippen LogP contribution in [0.2, 0.25) is 0 Å². The molecule has 0 fully saturated rings. The lowest BCUT2D eigenvalue weighted by Gasteiger charge is -2.07. The fourth-order valence-electron chi connectivity index (χ4n) is 0.991. The summed E-state index contributed by atoms with van der Waals surface area (Å²) in [7, 11) is -1.75. The maximum absolute atomic E-state index is 8.55. The summed E-state index contributed by atoms with van der Waals surface area (Å²) in [6, 6.07) is 7.21. The summed E-state index contributed by atoms with van der Waals surface area (Å²) in [6.45, 7) is 4.24. The van der Waals surface area contributed by atoms with Gasteiger partial charge >= 0.3 is 7.32 Å². The lowest BCUT2D eigenvalue weighted by molar-refractivity contribution is 0.288. The van der Waals surface area contributed by atoms with Crippen molar-refractivity contribution < 1.29 is 14.7 Å². The van der Waals surface area contributed by atoms with Crippen molar-refractivity contribution in [1.82, 2.24) is 0 Å². The molecule has 0 saturated heterocycles. The third kappa shape index (κ3) is 4.04. The molecule has 0 aliphatic carbocycles. The quantitative estimate of drug-likeness (QED) is 0.587. The van der Waals surface area contributed by atoms with Crippen LogP contribution in [0.15, 0.2) is 29.2 Å². The standard InChI is InChI=1S/C9H13BO3S/c1-7(2)14-9-5-3-8(4-6-9)13-10(11)12/h3-7,11-12H,1-2H3. The molecule has 0 aliphatic heterocycles. The Labute approximate surface area is 88.3 Å². The molecule has 1 aromatic carbocycles. The van der Waals surface area contributed by atoms with Crippen molar-refractivity contribution in [2.24, 2.45) is 0 Å². The maximum atomic E-state index is 8.55. The highest BCUT2D eigenvalue weighted by Gasteiger charge is 2.10. The van der Waals surface area contributed by atoms with Crippen LogP contribution in [0.1, 0.15) is 13.8 Å². The Balaban J connectivity index is 2.59. The largest absolute Gasteiger partial charge is 0.707 e. The Hall–Kier alpha value is -0.645. The van der Waals surface area contributed by atoms with Crippen molar-refractivity contribution in [3.8, 4) is 5.75 Å². The topological polar surface area (TPSA) is 49.7 Å². The molecule has 1 rings (SSSR count). The first-order valence-electron chi connectivity index (χ1n) is 4.37. The van der Waals surface area contributed by atoms with Gasteiger partial charge in [0.2, 0.25) is 0 Å². The SMILES string of the molecule is CC(C)Sc1ccc(OB(O)O)cc1. The van der Waals surface area contributed by atoms with Gasteiger partial charge in [0, 0.05) is 10.1 Å². The summed E-state index contributed by atoms with van der Waals surface area (Å²) >= 11 is 1.75. The second kappa shape index (κ2) is 5.29. The highest BCUT2D eigenvalue weighted by atomic mass is 32.2. The average molecular weight is 212 g/mol. The summed E-state index contributed by atoms with van der Waals surface area (Å²) in [5, 5.41) is 17.6. The van der Waals surface area contributed by atoms with Crippen LogP contribution in [-0.4, -0.2) is 22.6 Å². The lowest BCUT2D eigenvalue weighted by Crippen LogP contribution is -2.20. The van der Waals surface area contributed by atoms with Gasteiger partial charge in [-0.2, -0.15) is 0 Å². The Kier molecular flexibility index (Phi) is 4.32. The van der Waals surface area contributed by atoms with E-state index in [2.05, 4.69) is 18.5 Å². The molecule has 5 heteroatoms. The molecule has 0 atom stereocenters. The van der Waals surface area contributed by atoms with Crippen molar-refractivity contribution in [3.63, 3.8) is 0 Å². The van der Waals surface area contributed by atoms with Crippen molar-refractivity contribution in [2.45, 2.75) is 24.0 Å². The van der Waals surface area contributed by atoms with Crippen LogP contribution < -0.4 is 4.65 Å². The highest BCUT2D eigenvalue weighted by molar-refractivity contribution is 7.99. The molecule has 0 aromatic heterocycles. The number of benzene rings is 1. The van der Waals surface area contributed by atoms with E-state index in [1.54, 1.807) is 23.9 Å². The fourth-order valence-corrected chi connectivity index (χ4v) is 1.83. The minimum Gasteiger partial charge on any atom is -0.512 e. The Morgan fingerprint density at radius 1 is 1.21 bits per heavy atom. The van der Waals surface area contributed by atoms with Crippen molar-refractivity contribution in [2.75, 3.05) is 0 Å². The first-order valence-corrected chi connectivity index (χ1v) is 5.25. The van der Waals surface area contributed by atoms with E-state index in [-0.39, 0.29) is 0 Å². The first kappa shape index (κ1) is 11.4. The molecule has 1 aromatic rings. The van der Waals surface area contributed by atoms with E-state index in [0.717, 1.165) is 4.90 Å². The van der Waals surface area contributed by atoms with Gasteiger partial charge in [-0.15, -0.1) is 11.8 Å². The van der Waals surface area contributed by atoms with Crippen LogP contribution in [0.25, 0.3) is 0 Å². The van der Waals surface area contributed by atoms with Crippen LogP contribution in [0.5, 0.6) is 5.75 Å². The third-order valence-electron chi connectivity index (χ3n) is 1.44. The van der Waals surface area contributed by atoms with Crippen LogP contribution in [-0.2, 0) is 0 Å². The molecule has 0 bridgehead atoms. The Morgan fingerprint density at radius 2 is 1.79 bits per heavy atom. The summed E-state index contributed by atoms with van der Waals surface area (Å²) in [5.41, 5.74) is 0. The summed E-state index contributed by atoms with van der Waals surface area (Å²) in [5.74, 6) is 0.452. The molecule has 0 saturated carbocycles. The van der Waals surface area contributed by atoms with E-state index in [0.29, 0.717) is 11.0 Å². The monoisotopic (exact) mass is 212 g/mol. The van der Waals surface area contributed by atoms with Gasteiger partial charge in [-0.05, 0) is 24.3 Å². The second-order valence-corrected chi connectivity index (χ2v) is 4.73. The van der Waals surface area contributed by atoms with Gasteiger partial charge in [0.1, 0.15) is 5.75 Å². The van der Waals surface area contributed by atoms with E-state index < -0.39 is 7.32 Å². The predicted octanol–water partition coefficient (Wildman–Crippen LogP) is 1.54. The van der Waals surface area contributed by atoms with E-state index in [4.69, 9.17) is 10.0 Å². The van der Waals surface area contributed by atoms with Gasteiger partial charge in [0.05, 0.1) is 0 Å². The highest BCUT2D eigenvalue weighted by Crippen LogP contribution is 2.24. The molecule has 0 spiro atoms. The molecule has 2 N–H and O–H groups in total. The molecule has 0 radical (unpaired) electrons. The van der Waals surface area contributed by atoms with Gasteiger partial charge in [0.25, 0.3) is 0 Å². The van der Waals surface area contributed by atoms with E-state index in [9.17, 15) is 0 Å². The lowest BCUT2D eigenvalue weighted by atomic mass is 10.2. The minimum absolute atomic E-state index is 0.452. The molecule has 3 nitrogen and oxygen atoms in total. The molecule has 0 aliphatic rings. The average Bonchev–Trinajstić information content (AvgIpc) is 2.06. The molecule has 14 heavy (non-hydrogen) atoms. The fraction of sp³-hybridized carbons (Fsp3) is 0.333. The molecule has 0 heterocycles. The predicted molar refractivity (Wildman–Crippen MR) is 58.3 cm³/mol. The van der Waals surface area contributed by atoms with Gasteiger partial charge < -0.3 is 14.7 Å². The van der Waals surface area contributed by atoms with Crippen molar-refractivity contribution in [1.29, 1.82) is 0 Å². The van der Waals surface area contributed by atoms with Crippen molar-refractivity contribution >= 4 is 19.1 Å². The molecular weight excluding hydrogens is 199 g/mol. The number of hydrogen-bond acceptors (Lipinski definition) is 4. The number of thioether (sulfide) groups is 1. The van der Waals surface area contributed by atoms with Gasteiger partial charge in [-0.3, -0.25) is 0 Å². The Morgan fingerprint density at radius 3 is 2.21 bits per heavy atom. The normalized spacial score (nSPS) is 10.4. The molecule has 76 valence electrons. The zero-order chi connectivity index (χ0) is 10.6. The van der Waals surface area contributed by atoms with Crippen LogP contribution in [0.4, 0.5) is 0 Å². The van der Waals surface area contributed by atoms with Gasteiger partial charge in [0.15, 0.2) is 0 Å². The number of hydrogen-bond donors (Lipinski definition) is 2. The van der Waals surface area contributed by atoms with Crippen LogP contribution >= 0.6 is 11.8 Å². The molecular formula is C9H13BO3S.